The number of amides is 2. The average Bonchev–Trinajstić information content (AvgIpc) is 2.99. The quantitative estimate of drug-likeness (QED) is 0.0819. The Balaban J connectivity index is 0.00000705. The van der Waals surface area contributed by atoms with E-state index in [1.54, 1.807) is 42.5 Å². The molecule has 0 unspecified atom stereocenters. The van der Waals surface area contributed by atoms with Crippen LogP contribution in [0.1, 0.15) is 60.0 Å². The first-order valence-electron chi connectivity index (χ1n) is 13.9. The maximum Gasteiger partial charge on any atom is 1.00 e. The summed E-state index contributed by atoms with van der Waals surface area (Å²) in [6.45, 7) is -0.0239. The van der Waals surface area contributed by atoms with Gasteiger partial charge in [0.05, 0.1) is 15.9 Å². The maximum absolute atomic E-state index is 13.0. The van der Waals surface area contributed by atoms with Gasteiger partial charge in [-0.15, -0.1) is 0 Å². The second-order valence-electron chi connectivity index (χ2n) is 10.1. The van der Waals surface area contributed by atoms with E-state index in [0.29, 0.717) is 47.2 Å². The normalized spacial score (nSPS) is 10.7. The molecular formula is C31H33ClN3NaO8S. The van der Waals surface area contributed by atoms with E-state index in [4.69, 9.17) is 16.3 Å². The number of benzene rings is 2. The summed E-state index contributed by atoms with van der Waals surface area (Å²) in [5, 5.41) is 3.62. The fourth-order valence-corrected chi connectivity index (χ4v) is 4.76. The first-order chi connectivity index (χ1) is 20.9. The average molecular weight is 666 g/mol. The van der Waals surface area contributed by atoms with Gasteiger partial charge in [0.25, 0.3) is 5.91 Å². The molecule has 1 heterocycles. The van der Waals surface area contributed by atoms with Gasteiger partial charge in [0.15, 0.2) is 6.61 Å². The summed E-state index contributed by atoms with van der Waals surface area (Å²) < 4.78 is 37.2. The summed E-state index contributed by atoms with van der Waals surface area (Å²) >= 11 is 5.88. The van der Waals surface area contributed by atoms with Crippen molar-refractivity contribution in [2.75, 3.05) is 26.0 Å². The van der Waals surface area contributed by atoms with E-state index in [1.807, 2.05) is 0 Å². The number of fused-ring (bicyclic) bond motifs is 1. The number of halogens is 1. The van der Waals surface area contributed by atoms with Crippen molar-refractivity contribution in [3.63, 3.8) is 0 Å². The molecule has 2 N–H and O–H groups in total. The third kappa shape index (κ3) is 13.4. The summed E-state index contributed by atoms with van der Waals surface area (Å²) in [5.41, 5.74) is 1.44. The Hall–Kier alpha value is -3.18. The predicted molar refractivity (Wildman–Crippen MR) is 165 cm³/mol. The van der Waals surface area contributed by atoms with Gasteiger partial charge in [0.2, 0.25) is 11.3 Å². The summed E-state index contributed by atoms with van der Waals surface area (Å²) in [5.74, 6) is 3.85. The minimum atomic E-state index is -4.36. The SMILES string of the molecule is CN(CCS(=O)(=O)[O-])C(=O)CCCCCCC(=O)OCC#Cc1ccc2[nH]cc(C(=O)NCc3ccc(Cl)cc3)c(=O)c2c1.[Na+]. The van der Waals surface area contributed by atoms with Crippen molar-refractivity contribution < 1.29 is 61.6 Å². The van der Waals surface area contributed by atoms with Crippen molar-refractivity contribution in [3.05, 3.63) is 80.6 Å². The van der Waals surface area contributed by atoms with Crippen LogP contribution in [0, 0.1) is 11.8 Å². The van der Waals surface area contributed by atoms with Crippen LogP contribution in [0.2, 0.25) is 5.02 Å². The molecule has 0 atom stereocenters. The molecule has 234 valence electrons. The standard InChI is InChI=1S/C31H34ClN3O8S.Na/c1-35(16-18-44(40,41)42)28(36)8-4-2-3-5-9-29(37)43-17-6-7-22-12-15-27-25(19-22)30(38)26(21-33-27)31(39)34-20-23-10-13-24(32)14-11-23;/h10-15,19,21H,2-5,8-9,16-18,20H2,1H3,(H,33,38)(H,34,39)(H,40,41,42);/q;+1/p-1. The molecule has 0 aliphatic carbocycles. The molecule has 0 bridgehead atoms. The molecule has 0 aliphatic heterocycles. The fourth-order valence-electron chi connectivity index (χ4n) is 4.14. The Morgan fingerprint density at radius 3 is 2.42 bits per heavy atom. The van der Waals surface area contributed by atoms with Gasteiger partial charge in [0.1, 0.15) is 5.56 Å². The number of nitrogens with zero attached hydrogens (tertiary/aromatic N) is 1. The second kappa shape index (κ2) is 18.7. The Labute approximate surface area is 289 Å². The van der Waals surface area contributed by atoms with Gasteiger partial charge >= 0.3 is 35.5 Å². The number of aromatic amines is 1. The molecule has 0 radical (unpaired) electrons. The fraction of sp³-hybridized carbons (Fsp3) is 0.355. The molecule has 11 nitrogen and oxygen atoms in total. The van der Waals surface area contributed by atoms with Gasteiger partial charge in [0, 0.05) is 60.7 Å². The zero-order valence-electron chi connectivity index (χ0n) is 25.2. The monoisotopic (exact) mass is 665 g/mol. The molecule has 0 spiro atoms. The number of H-pyrrole nitrogens is 1. The first kappa shape index (κ1) is 38.0. The van der Waals surface area contributed by atoms with Crippen LogP contribution in [-0.2, 0) is 31.0 Å². The van der Waals surface area contributed by atoms with Crippen LogP contribution >= 0.6 is 11.6 Å². The number of carbonyl (C=O) groups excluding carboxylic acids is 3. The maximum atomic E-state index is 13.0. The number of hydrogen-bond acceptors (Lipinski definition) is 8. The van der Waals surface area contributed by atoms with Crippen LogP contribution in [0.5, 0.6) is 0 Å². The van der Waals surface area contributed by atoms with Crippen molar-refractivity contribution in [3.8, 4) is 11.8 Å². The summed E-state index contributed by atoms with van der Waals surface area (Å²) in [4.78, 5) is 53.8. The van der Waals surface area contributed by atoms with Gasteiger partial charge in [-0.2, -0.15) is 0 Å². The Kier molecular flexibility index (Phi) is 15.8. The van der Waals surface area contributed by atoms with E-state index >= 15 is 0 Å². The molecule has 3 aromatic rings. The molecular weight excluding hydrogens is 633 g/mol. The van der Waals surface area contributed by atoms with Crippen LogP contribution in [0.25, 0.3) is 10.9 Å². The molecule has 1 aromatic heterocycles. The third-order valence-corrected chi connectivity index (χ3v) is 7.59. The third-order valence-electron chi connectivity index (χ3n) is 6.65. The molecule has 14 heteroatoms. The smallest absolute Gasteiger partial charge is 0.748 e. The zero-order valence-corrected chi connectivity index (χ0v) is 28.8. The van der Waals surface area contributed by atoms with Gasteiger partial charge in [-0.05, 0) is 48.7 Å². The van der Waals surface area contributed by atoms with E-state index in [0.717, 1.165) is 5.56 Å². The molecule has 0 aliphatic rings. The van der Waals surface area contributed by atoms with E-state index in [9.17, 15) is 32.1 Å². The first-order valence-corrected chi connectivity index (χ1v) is 15.9. The Morgan fingerprint density at radius 2 is 1.73 bits per heavy atom. The van der Waals surface area contributed by atoms with Crippen molar-refractivity contribution in [2.45, 2.75) is 45.1 Å². The van der Waals surface area contributed by atoms with Crippen molar-refractivity contribution >= 4 is 50.4 Å². The van der Waals surface area contributed by atoms with Crippen molar-refractivity contribution in [1.29, 1.82) is 0 Å². The van der Waals surface area contributed by atoms with E-state index in [1.165, 1.54) is 18.1 Å². The molecule has 0 saturated carbocycles. The number of rotatable bonds is 14. The molecule has 0 fully saturated rings. The number of aromatic nitrogens is 1. The number of carbonyl (C=O) groups is 3. The van der Waals surface area contributed by atoms with Crippen molar-refractivity contribution in [2.24, 2.45) is 0 Å². The van der Waals surface area contributed by atoms with E-state index < -0.39 is 33.2 Å². The van der Waals surface area contributed by atoms with Gasteiger partial charge in [-0.1, -0.05) is 48.4 Å². The summed E-state index contributed by atoms with van der Waals surface area (Å²) in [6, 6.07) is 12.0. The minimum absolute atomic E-state index is 0. The van der Waals surface area contributed by atoms with Crippen LogP contribution < -0.4 is 40.3 Å². The molecule has 2 aromatic carbocycles. The Bertz CT molecular complexity index is 1720. The van der Waals surface area contributed by atoms with Gasteiger partial charge in [-0.3, -0.25) is 19.2 Å². The number of unbranched alkanes of at least 4 members (excludes halogenated alkanes) is 3. The second-order valence-corrected chi connectivity index (χ2v) is 12.0. The number of pyridine rings is 1. The van der Waals surface area contributed by atoms with Crippen LogP contribution in [-0.4, -0.2) is 66.6 Å². The molecule has 2 amide bonds. The summed E-state index contributed by atoms with van der Waals surface area (Å²) in [7, 11) is -2.91. The largest absolute Gasteiger partial charge is 1.00 e. The van der Waals surface area contributed by atoms with Gasteiger partial charge < -0.3 is 24.5 Å². The number of nitrogens with one attached hydrogen (secondary N) is 2. The zero-order chi connectivity index (χ0) is 32.1. The number of esters is 1. The van der Waals surface area contributed by atoms with Crippen molar-refractivity contribution in [1.82, 2.24) is 15.2 Å². The molecule has 0 saturated heterocycles. The number of ether oxygens (including phenoxy) is 1. The van der Waals surface area contributed by atoms with Crippen LogP contribution in [0.15, 0.2) is 53.5 Å². The van der Waals surface area contributed by atoms with Crippen LogP contribution in [0.3, 0.4) is 0 Å². The minimum Gasteiger partial charge on any atom is -0.748 e. The van der Waals surface area contributed by atoms with E-state index in [-0.39, 0.29) is 73.6 Å². The number of hydrogen-bond donors (Lipinski definition) is 2. The van der Waals surface area contributed by atoms with Crippen LogP contribution in [0.4, 0.5) is 0 Å². The summed E-state index contributed by atoms with van der Waals surface area (Å²) in [6.07, 6.45) is 4.38. The molecule has 45 heavy (non-hydrogen) atoms. The predicted octanol–water partition coefficient (Wildman–Crippen LogP) is 0.354. The topological polar surface area (TPSA) is 166 Å². The van der Waals surface area contributed by atoms with E-state index in [2.05, 4.69) is 22.1 Å². The Morgan fingerprint density at radius 1 is 1.04 bits per heavy atom. The molecule has 3 rings (SSSR count). The van der Waals surface area contributed by atoms with Gasteiger partial charge in [-0.25, -0.2) is 8.42 Å².